The zero-order valence-corrected chi connectivity index (χ0v) is 24.7. The number of nitrogens with two attached hydrogens (primary N) is 1. The fourth-order valence-electron chi connectivity index (χ4n) is 4.84. The molecule has 3 N–H and O–H groups in total. The molecule has 0 bridgehead atoms. The molecule has 0 radical (unpaired) electrons. The number of piperidine rings is 1. The molecule has 4 rings (SSSR count). The molecule has 2 aromatic rings. The molecular formula is C29H36ClN5O5S. The van der Waals surface area contributed by atoms with Gasteiger partial charge in [-0.3, -0.25) is 19.5 Å². The molecule has 0 unspecified atom stereocenters. The lowest BCUT2D eigenvalue weighted by Crippen LogP contribution is -2.41. The molecule has 12 heteroatoms. The van der Waals surface area contributed by atoms with Crippen LogP contribution in [0.2, 0.25) is 5.02 Å². The summed E-state index contributed by atoms with van der Waals surface area (Å²) in [6.07, 6.45) is 7.20. The first-order valence-corrected chi connectivity index (χ1v) is 15.7. The summed E-state index contributed by atoms with van der Waals surface area (Å²) < 4.78 is 38.8. The molecule has 0 amide bonds. The molecule has 220 valence electrons. The minimum absolute atomic E-state index is 0.00560. The summed E-state index contributed by atoms with van der Waals surface area (Å²) in [5, 5.41) is 7.90. The molecular weight excluding hydrogens is 566 g/mol. The predicted molar refractivity (Wildman–Crippen MR) is 162 cm³/mol. The fourth-order valence-corrected chi connectivity index (χ4v) is 6.34. The van der Waals surface area contributed by atoms with Gasteiger partial charge in [0.2, 0.25) is 10.0 Å². The van der Waals surface area contributed by atoms with Gasteiger partial charge in [-0.15, -0.1) is 0 Å². The highest BCUT2D eigenvalue weighted by Crippen LogP contribution is 2.33. The minimum Gasteiger partial charge on any atom is -0.489 e. The highest BCUT2D eigenvalue weighted by Gasteiger charge is 2.28. The van der Waals surface area contributed by atoms with Crippen LogP contribution >= 0.6 is 11.6 Å². The van der Waals surface area contributed by atoms with Crippen LogP contribution in [0.15, 0.2) is 53.5 Å². The van der Waals surface area contributed by atoms with E-state index in [-0.39, 0.29) is 30.1 Å². The van der Waals surface area contributed by atoms with Crippen molar-refractivity contribution < 1.29 is 22.7 Å². The quantitative estimate of drug-likeness (QED) is 0.225. The lowest BCUT2D eigenvalue weighted by molar-refractivity contribution is -0.139. The number of carbonyl (C=O) groups excluding carboxylic acids is 1. The van der Waals surface area contributed by atoms with Crippen molar-refractivity contribution in [2.75, 3.05) is 42.8 Å². The van der Waals surface area contributed by atoms with Crippen LogP contribution in [0.4, 0.5) is 5.69 Å². The monoisotopic (exact) mass is 601 g/mol. The molecule has 41 heavy (non-hydrogen) atoms. The van der Waals surface area contributed by atoms with Gasteiger partial charge in [0.1, 0.15) is 17.7 Å². The Labute approximate surface area is 246 Å². The summed E-state index contributed by atoms with van der Waals surface area (Å²) >= 11 is 6.59. The van der Waals surface area contributed by atoms with Crippen molar-refractivity contribution in [2.24, 2.45) is 10.7 Å². The maximum Gasteiger partial charge on any atom is 0.323 e. The molecule has 2 heterocycles. The molecule has 2 aliphatic rings. The second-order valence-electron chi connectivity index (χ2n) is 9.85. The van der Waals surface area contributed by atoms with Crippen molar-refractivity contribution in [2.45, 2.75) is 38.7 Å². The van der Waals surface area contributed by atoms with Crippen molar-refractivity contribution in [1.29, 1.82) is 5.41 Å². The topological polar surface area (TPSA) is 138 Å². The molecule has 0 aromatic heterocycles. The van der Waals surface area contributed by atoms with E-state index in [4.69, 9.17) is 32.2 Å². The van der Waals surface area contributed by atoms with Crippen LogP contribution in [0, 0.1) is 5.41 Å². The summed E-state index contributed by atoms with van der Waals surface area (Å²) in [5.41, 5.74) is 7.17. The van der Waals surface area contributed by atoms with Crippen LogP contribution in [0.3, 0.4) is 0 Å². The normalized spacial score (nSPS) is 16.0. The first-order valence-electron chi connectivity index (χ1n) is 13.7. The zero-order chi connectivity index (χ0) is 29.4. The van der Waals surface area contributed by atoms with E-state index in [2.05, 4.69) is 9.89 Å². The maximum absolute atomic E-state index is 13.3. The molecule has 2 aromatic carbocycles. The Morgan fingerprint density at radius 2 is 2.02 bits per heavy atom. The Morgan fingerprint density at radius 1 is 1.24 bits per heavy atom. The van der Waals surface area contributed by atoms with Crippen molar-refractivity contribution in [3.63, 3.8) is 0 Å². The van der Waals surface area contributed by atoms with E-state index in [9.17, 15) is 13.2 Å². The Bertz CT molecular complexity index is 1420. The Morgan fingerprint density at radius 3 is 2.68 bits per heavy atom. The average Bonchev–Trinajstić information content (AvgIpc) is 3.48. The summed E-state index contributed by atoms with van der Waals surface area (Å²) in [5.74, 6) is -0.0444. The molecule has 0 atom stereocenters. The van der Waals surface area contributed by atoms with Crippen molar-refractivity contribution in [1.82, 2.24) is 4.90 Å². The number of sulfonamides is 1. The van der Waals surface area contributed by atoms with Gasteiger partial charge < -0.3 is 20.1 Å². The Hall–Kier alpha value is -3.57. The number of ether oxygens (including phenoxy) is 2. The molecule has 1 fully saturated rings. The van der Waals surface area contributed by atoms with Gasteiger partial charge in [0.05, 0.1) is 29.7 Å². The molecule has 0 aliphatic carbocycles. The SMILES string of the molecule is CCOC(=O)CS(=O)(=O)N(CC=Cc1cccc(C(=N)N)c1)c1ccc(OC2CCN(C3=NCCC3)CC2)c(Cl)c1. The first kappa shape index (κ1) is 30.4. The fraction of sp³-hybridized carbons (Fsp3) is 0.414. The highest BCUT2D eigenvalue weighted by atomic mass is 35.5. The van der Waals surface area contributed by atoms with Crippen molar-refractivity contribution in [3.05, 3.63) is 64.7 Å². The van der Waals surface area contributed by atoms with Crippen LogP contribution in [-0.2, 0) is 19.6 Å². The number of hydrogen-bond donors (Lipinski definition) is 2. The number of nitrogen functional groups attached to an aromatic ring is 1. The van der Waals surface area contributed by atoms with Crippen LogP contribution < -0.4 is 14.8 Å². The van der Waals surface area contributed by atoms with Gasteiger partial charge in [-0.05, 0) is 43.2 Å². The number of benzene rings is 2. The van der Waals surface area contributed by atoms with Gasteiger partial charge in [0.25, 0.3) is 0 Å². The van der Waals surface area contributed by atoms with Crippen LogP contribution in [0.5, 0.6) is 5.75 Å². The van der Waals surface area contributed by atoms with Gasteiger partial charge >= 0.3 is 5.97 Å². The van der Waals surface area contributed by atoms with E-state index in [1.807, 2.05) is 6.07 Å². The number of carbonyl (C=O) groups is 1. The molecule has 0 spiro atoms. The molecule has 2 aliphatic heterocycles. The van der Waals surface area contributed by atoms with Crippen molar-refractivity contribution in [3.8, 4) is 5.75 Å². The number of nitrogens with zero attached hydrogens (tertiary/aromatic N) is 3. The summed E-state index contributed by atoms with van der Waals surface area (Å²) in [6, 6.07) is 11.8. The second-order valence-corrected chi connectivity index (χ2v) is 12.2. The van der Waals surface area contributed by atoms with E-state index < -0.39 is 21.7 Å². The highest BCUT2D eigenvalue weighted by molar-refractivity contribution is 7.93. The Kier molecular flexibility index (Phi) is 10.3. The van der Waals surface area contributed by atoms with Gasteiger partial charge in [-0.25, -0.2) is 8.42 Å². The summed E-state index contributed by atoms with van der Waals surface area (Å²) in [6.45, 7) is 4.28. The van der Waals surface area contributed by atoms with Crippen LogP contribution in [0.1, 0.15) is 43.7 Å². The Balaban J connectivity index is 1.49. The van der Waals surface area contributed by atoms with E-state index in [0.717, 1.165) is 55.2 Å². The number of rotatable bonds is 11. The lowest BCUT2D eigenvalue weighted by Gasteiger charge is -2.33. The average molecular weight is 602 g/mol. The second kappa shape index (κ2) is 13.9. The third-order valence-electron chi connectivity index (χ3n) is 6.88. The molecule has 1 saturated heterocycles. The van der Waals surface area contributed by atoms with Crippen LogP contribution in [0.25, 0.3) is 6.08 Å². The van der Waals surface area contributed by atoms with Crippen molar-refractivity contribution >= 4 is 51.0 Å². The largest absolute Gasteiger partial charge is 0.489 e. The number of hydrogen-bond acceptors (Lipinski definition) is 8. The first-order chi connectivity index (χ1) is 19.7. The number of aliphatic imine (C=N–C) groups is 1. The number of anilines is 1. The van der Waals surface area contributed by atoms with Gasteiger partial charge in [0.15, 0.2) is 5.75 Å². The third kappa shape index (κ3) is 8.23. The molecule has 10 nitrogen and oxygen atoms in total. The van der Waals surface area contributed by atoms with E-state index in [1.54, 1.807) is 49.4 Å². The number of amidine groups is 2. The standard InChI is InChI=1S/C29H36ClN5O5S/c1-2-39-28(36)20-41(37,38)35(15-5-7-21-6-3-8-22(18-21)29(31)32)23-10-11-26(25(30)19-23)40-24-12-16-34(17-13-24)27-9-4-14-33-27/h3,5-8,10-11,18-19,24H,2,4,9,12-17,20H2,1H3,(H3,31,32). The predicted octanol–water partition coefficient (Wildman–Crippen LogP) is 4.07. The van der Waals surface area contributed by atoms with E-state index >= 15 is 0 Å². The van der Waals surface area contributed by atoms with E-state index in [1.165, 1.54) is 11.9 Å². The smallest absolute Gasteiger partial charge is 0.323 e. The zero-order valence-electron chi connectivity index (χ0n) is 23.1. The number of nitrogens with one attached hydrogen (secondary N) is 1. The lowest BCUT2D eigenvalue weighted by atomic mass is 10.1. The number of halogens is 1. The third-order valence-corrected chi connectivity index (χ3v) is 8.80. The number of likely N-dealkylation sites (tertiary alicyclic amines) is 1. The van der Waals surface area contributed by atoms with E-state index in [0.29, 0.717) is 17.0 Å². The minimum atomic E-state index is -4.11. The molecule has 0 saturated carbocycles. The van der Waals surface area contributed by atoms with Gasteiger partial charge in [0, 0.05) is 44.5 Å². The van der Waals surface area contributed by atoms with Crippen LogP contribution in [-0.4, -0.2) is 75.6 Å². The number of esters is 1. The van der Waals surface area contributed by atoms with Gasteiger partial charge in [-0.2, -0.15) is 0 Å². The summed E-state index contributed by atoms with van der Waals surface area (Å²) in [7, 11) is -4.11. The van der Waals surface area contributed by atoms with Gasteiger partial charge in [-0.1, -0.05) is 42.0 Å². The summed E-state index contributed by atoms with van der Waals surface area (Å²) in [4.78, 5) is 19.0. The maximum atomic E-state index is 13.3.